The summed E-state index contributed by atoms with van der Waals surface area (Å²) in [6.45, 7) is 12.8. The molecule has 58 heavy (non-hydrogen) atoms. The van der Waals surface area contributed by atoms with Crippen molar-refractivity contribution in [2.24, 2.45) is 23.5 Å². The van der Waals surface area contributed by atoms with Crippen LogP contribution >= 0.6 is 22.6 Å². The molecule has 1 aromatic rings. The van der Waals surface area contributed by atoms with Gasteiger partial charge in [0.15, 0.2) is 0 Å². The van der Waals surface area contributed by atoms with E-state index in [0.717, 1.165) is 28.5 Å². The fourth-order valence-electron chi connectivity index (χ4n) is 7.22. The Morgan fingerprint density at radius 1 is 0.914 bits per heavy atom. The minimum atomic E-state index is -0.980. The van der Waals surface area contributed by atoms with Crippen LogP contribution in [0.2, 0.25) is 0 Å². The third kappa shape index (κ3) is 16.1. The van der Waals surface area contributed by atoms with Gasteiger partial charge in [0, 0.05) is 23.1 Å². The van der Waals surface area contributed by atoms with Gasteiger partial charge in [0.2, 0.25) is 35.4 Å². The lowest BCUT2D eigenvalue weighted by Gasteiger charge is -2.35. The lowest BCUT2D eigenvalue weighted by atomic mass is 9.94. The molecule has 2 aliphatic heterocycles. The van der Waals surface area contributed by atoms with Crippen molar-refractivity contribution in [1.29, 1.82) is 0 Å². The number of hydrogen-bond donors (Lipinski definition) is 7. The summed E-state index contributed by atoms with van der Waals surface area (Å²) in [5.74, 6) is -3.87. The molecule has 2 aliphatic rings. The standard InChI is InChI=1S/C41H65IN8O8/c1-7-26(6)37(49-40(56)36(25(4)5)48-38(54)29-13-9-17-44-29)41(57)47-30(19-24(2)3)32(58-35(53)16-15-34(52)45-22-33(43)51)23-50-18-10-14-31(50)39(55)46-21-27-11-8-12-28(42)20-27/h8,11-12,20,24-26,29-32,36-37,44H,7,9-10,13-19,21-23H2,1-6H3,(H2,43,51)(H,45,52)(H,46,55)(H,47,57)(H,48,54)(H,49,56)/t26-,29-,30-,31-,32-,36-,37-/m0/s1. The van der Waals surface area contributed by atoms with Crippen LogP contribution in [0, 0.1) is 21.3 Å². The molecule has 0 aromatic heterocycles. The number of nitrogens with one attached hydrogen (secondary N) is 6. The molecule has 324 valence electrons. The molecule has 2 heterocycles. The number of ether oxygens (including phenoxy) is 1. The number of carbonyl (C=O) groups is 7. The minimum Gasteiger partial charge on any atom is -0.459 e. The third-order valence-electron chi connectivity index (χ3n) is 10.7. The molecule has 6 amide bonds. The third-order valence-corrected chi connectivity index (χ3v) is 11.3. The lowest BCUT2D eigenvalue weighted by molar-refractivity contribution is -0.154. The van der Waals surface area contributed by atoms with E-state index in [-0.39, 0.29) is 61.5 Å². The van der Waals surface area contributed by atoms with E-state index in [1.807, 2.05) is 70.7 Å². The molecule has 16 nitrogen and oxygen atoms in total. The highest BCUT2D eigenvalue weighted by Crippen LogP contribution is 2.23. The van der Waals surface area contributed by atoms with Gasteiger partial charge < -0.3 is 42.4 Å². The van der Waals surface area contributed by atoms with Crippen LogP contribution in [0.5, 0.6) is 0 Å². The van der Waals surface area contributed by atoms with Crippen molar-refractivity contribution in [2.75, 3.05) is 26.2 Å². The highest BCUT2D eigenvalue weighted by Gasteiger charge is 2.39. The molecule has 0 bridgehead atoms. The summed E-state index contributed by atoms with van der Waals surface area (Å²) >= 11 is 2.22. The smallest absolute Gasteiger partial charge is 0.306 e. The number of nitrogens with two attached hydrogens (primary N) is 1. The number of primary amides is 1. The largest absolute Gasteiger partial charge is 0.459 e. The van der Waals surface area contributed by atoms with Gasteiger partial charge in [-0.2, -0.15) is 0 Å². The molecule has 0 aliphatic carbocycles. The molecule has 7 atom stereocenters. The zero-order valence-corrected chi connectivity index (χ0v) is 37.0. The van der Waals surface area contributed by atoms with Gasteiger partial charge in [-0.25, -0.2) is 0 Å². The van der Waals surface area contributed by atoms with Gasteiger partial charge in [-0.15, -0.1) is 0 Å². The van der Waals surface area contributed by atoms with E-state index >= 15 is 0 Å². The van der Waals surface area contributed by atoms with Crippen LogP contribution in [-0.2, 0) is 44.8 Å². The van der Waals surface area contributed by atoms with Crippen molar-refractivity contribution in [3.63, 3.8) is 0 Å². The summed E-state index contributed by atoms with van der Waals surface area (Å²) < 4.78 is 7.15. The maximum Gasteiger partial charge on any atom is 0.306 e. The minimum absolute atomic E-state index is 0.0267. The molecule has 0 saturated carbocycles. The molecular weight excluding hydrogens is 859 g/mol. The van der Waals surface area contributed by atoms with Crippen LogP contribution in [0.4, 0.5) is 0 Å². The number of hydrogen-bond acceptors (Lipinski definition) is 10. The number of esters is 1. The van der Waals surface area contributed by atoms with E-state index in [1.165, 1.54) is 0 Å². The highest BCUT2D eigenvalue weighted by molar-refractivity contribution is 14.1. The monoisotopic (exact) mass is 924 g/mol. The Morgan fingerprint density at radius 3 is 2.26 bits per heavy atom. The van der Waals surface area contributed by atoms with E-state index < -0.39 is 59.9 Å². The second-order valence-corrected chi connectivity index (χ2v) is 17.5. The first-order valence-electron chi connectivity index (χ1n) is 20.6. The normalized spacial score (nSPS) is 19.4. The molecular formula is C41H65IN8O8. The van der Waals surface area contributed by atoms with E-state index in [1.54, 1.807) is 0 Å². The zero-order valence-electron chi connectivity index (χ0n) is 34.9. The summed E-state index contributed by atoms with van der Waals surface area (Å²) in [7, 11) is 0. The van der Waals surface area contributed by atoms with Gasteiger partial charge in [-0.3, -0.25) is 38.5 Å². The average molecular weight is 925 g/mol. The summed E-state index contributed by atoms with van der Waals surface area (Å²) in [6, 6.07) is 4.37. The predicted molar refractivity (Wildman–Crippen MR) is 227 cm³/mol. The first-order valence-corrected chi connectivity index (χ1v) is 21.7. The Balaban J connectivity index is 1.85. The van der Waals surface area contributed by atoms with Crippen molar-refractivity contribution in [3.05, 3.63) is 33.4 Å². The van der Waals surface area contributed by atoms with E-state index in [4.69, 9.17) is 10.5 Å². The Kier molecular flexibility index (Phi) is 20.3. The molecule has 0 spiro atoms. The number of nitrogens with zero attached hydrogens (tertiary/aromatic N) is 1. The summed E-state index contributed by atoms with van der Waals surface area (Å²) in [5.41, 5.74) is 6.09. The Labute approximate surface area is 356 Å². The van der Waals surface area contributed by atoms with E-state index in [9.17, 15) is 33.6 Å². The lowest BCUT2D eigenvalue weighted by Crippen LogP contribution is -2.61. The average Bonchev–Trinajstić information content (AvgIpc) is 3.88. The Bertz CT molecular complexity index is 1570. The van der Waals surface area contributed by atoms with Gasteiger partial charge in [0.25, 0.3) is 0 Å². The van der Waals surface area contributed by atoms with Crippen LogP contribution in [0.15, 0.2) is 24.3 Å². The van der Waals surface area contributed by atoms with E-state index in [2.05, 4.69) is 54.5 Å². The quantitative estimate of drug-likeness (QED) is 0.0620. The summed E-state index contributed by atoms with van der Waals surface area (Å²) in [5, 5.41) is 17.5. The molecule has 8 N–H and O–H groups in total. The van der Waals surface area contributed by atoms with Gasteiger partial charge in [-0.1, -0.05) is 60.1 Å². The Hall–Kier alpha value is -3.84. The molecule has 2 fully saturated rings. The molecule has 17 heteroatoms. The summed E-state index contributed by atoms with van der Waals surface area (Å²) in [6.07, 6.45) is 2.33. The fraction of sp³-hybridized carbons (Fsp3) is 0.683. The van der Waals surface area contributed by atoms with Crippen LogP contribution in [0.3, 0.4) is 0 Å². The van der Waals surface area contributed by atoms with Crippen molar-refractivity contribution >= 4 is 64.0 Å². The SMILES string of the molecule is CC[C@H](C)[C@H](NC(=O)[C@@H](NC(=O)[C@@H]1CCCN1)C(C)C)C(=O)N[C@@H](CC(C)C)[C@H](CN1CCC[C@H]1C(=O)NCc1cccc(I)c1)OC(=O)CCC(=O)NCC(N)=O. The Morgan fingerprint density at radius 2 is 1.64 bits per heavy atom. The number of rotatable bonds is 23. The van der Waals surface area contributed by atoms with E-state index in [0.29, 0.717) is 38.8 Å². The maximum absolute atomic E-state index is 14.3. The van der Waals surface area contributed by atoms with Crippen LogP contribution in [0.25, 0.3) is 0 Å². The molecule has 0 radical (unpaired) electrons. The number of amides is 6. The molecule has 2 saturated heterocycles. The van der Waals surface area contributed by atoms with Crippen molar-refractivity contribution in [3.8, 4) is 0 Å². The van der Waals surface area contributed by atoms with Crippen LogP contribution in [0.1, 0.15) is 98.5 Å². The van der Waals surface area contributed by atoms with Gasteiger partial charge in [-0.05, 0) is 103 Å². The molecule has 1 aromatic carbocycles. The second kappa shape index (κ2) is 24.3. The number of likely N-dealkylation sites (tertiary alicyclic amines) is 1. The topological polar surface area (TPSA) is 230 Å². The number of halogens is 1. The van der Waals surface area contributed by atoms with Crippen molar-refractivity contribution in [1.82, 2.24) is 36.8 Å². The first kappa shape index (κ1) is 48.5. The first-order chi connectivity index (χ1) is 27.5. The van der Waals surface area contributed by atoms with Gasteiger partial charge >= 0.3 is 5.97 Å². The number of carbonyl (C=O) groups excluding carboxylic acids is 7. The fourth-order valence-corrected chi connectivity index (χ4v) is 7.82. The predicted octanol–water partition coefficient (Wildman–Crippen LogP) is 1.62. The van der Waals surface area contributed by atoms with Crippen LogP contribution in [-0.4, -0.2) is 109 Å². The van der Waals surface area contributed by atoms with Crippen LogP contribution < -0.4 is 37.6 Å². The number of benzene rings is 1. The van der Waals surface area contributed by atoms with Gasteiger partial charge in [0.1, 0.15) is 18.2 Å². The summed E-state index contributed by atoms with van der Waals surface area (Å²) in [4.78, 5) is 93.6. The van der Waals surface area contributed by atoms with Crippen molar-refractivity contribution in [2.45, 2.75) is 136 Å². The van der Waals surface area contributed by atoms with Crippen molar-refractivity contribution < 1.29 is 38.3 Å². The molecule has 3 rings (SSSR count). The zero-order chi connectivity index (χ0) is 42.9. The molecule has 0 unspecified atom stereocenters. The van der Waals surface area contributed by atoms with Gasteiger partial charge in [0.05, 0.1) is 31.1 Å². The maximum atomic E-state index is 14.3. The highest BCUT2D eigenvalue weighted by atomic mass is 127. The second-order valence-electron chi connectivity index (χ2n) is 16.3.